The van der Waals surface area contributed by atoms with E-state index < -0.39 is 0 Å². The second kappa shape index (κ2) is 7.39. The first-order valence-corrected chi connectivity index (χ1v) is 8.73. The van der Waals surface area contributed by atoms with Crippen LogP contribution in [0.15, 0.2) is 61.2 Å². The van der Waals surface area contributed by atoms with Gasteiger partial charge in [-0.3, -0.25) is 4.79 Å². The van der Waals surface area contributed by atoms with E-state index in [1.807, 2.05) is 36.4 Å². The Balaban J connectivity index is 1.37. The first kappa shape index (κ1) is 16.3. The number of fused-ring (bicyclic) bond motifs is 1. The SMILES string of the molecule is O=C(Nc1cccc(OCCn2cncn2)c1)[C@H]1CCc2ccccc21. The number of carbonyl (C=O) groups is 1. The molecule has 0 aliphatic heterocycles. The fourth-order valence-electron chi connectivity index (χ4n) is 3.33. The summed E-state index contributed by atoms with van der Waals surface area (Å²) in [6, 6.07) is 15.7. The zero-order valence-corrected chi connectivity index (χ0v) is 14.3. The van der Waals surface area contributed by atoms with Gasteiger partial charge in [0.15, 0.2) is 0 Å². The van der Waals surface area contributed by atoms with Gasteiger partial charge in [-0.15, -0.1) is 0 Å². The van der Waals surface area contributed by atoms with Crippen LogP contribution in [-0.4, -0.2) is 27.3 Å². The molecule has 1 aliphatic carbocycles. The van der Waals surface area contributed by atoms with Gasteiger partial charge in [-0.1, -0.05) is 30.3 Å². The zero-order chi connectivity index (χ0) is 17.8. The minimum absolute atomic E-state index is 0.0368. The minimum atomic E-state index is -0.0805. The third-order valence-electron chi connectivity index (χ3n) is 4.61. The van der Waals surface area contributed by atoms with Crippen LogP contribution < -0.4 is 10.1 Å². The maximum Gasteiger partial charge on any atom is 0.231 e. The number of benzene rings is 2. The van der Waals surface area contributed by atoms with Crippen LogP contribution in [0.4, 0.5) is 5.69 Å². The summed E-state index contributed by atoms with van der Waals surface area (Å²) in [6.07, 6.45) is 4.97. The number of hydrogen-bond acceptors (Lipinski definition) is 4. The average Bonchev–Trinajstić information content (AvgIpc) is 3.31. The molecule has 6 heteroatoms. The van der Waals surface area contributed by atoms with E-state index in [1.54, 1.807) is 11.0 Å². The number of aryl methyl sites for hydroxylation is 1. The Morgan fingerprint density at radius 3 is 3.04 bits per heavy atom. The van der Waals surface area contributed by atoms with Crippen molar-refractivity contribution in [3.63, 3.8) is 0 Å². The molecule has 1 atom stereocenters. The highest BCUT2D eigenvalue weighted by molar-refractivity contribution is 5.96. The normalized spacial score (nSPS) is 15.5. The number of nitrogens with zero attached hydrogens (tertiary/aromatic N) is 3. The second-order valence-corrected chi connectivity index (χ2v) is 6.31. The van der Waals surface area contributed by atoms with Crippen molar-refractivity contribution in [2.24, 2.45) is 0 Å². The van der Waals surface area contributed by atoms with Gasteiger partial charge in [0.05, 0.1) is 12.5 Å². The van der Waals surface area contributed by atoms with Crippen LogP contribution in [0.5, 0.6) is 5.75 Å². The summed E-state index contributed by atoms with van der Waals surface area (Å²) >= 11 is 0. The maximum atomic E-state index is 12.7. The topological polar surface area (TPSA) is 69.0 Å². The van der Waals surface area contributed by atoms with E-state index in [9.17, 15) is 4.79 Å². The lowest BCUT2D eigenvalue weighted by Gasteiger charge is -2.13. The molecule has 1 N–H and O–H groups in total. The molecule has 1 aromatic heterocycles. The van der Waals surface area contributed by atoms with Crippen molar-refractivity contribution in [2.45, 2.75) is 25.3 Å². The highest BCUT2D eigenvalue weighted by Gasteiger charge is 2.28. The van der Waals surface area contributed by atoms with Crippen LogP contribution in [0.2, 0.25) is 0 Å². The summed E-state index contributed by atoms with van der Waals surface area (Å²) in [4.78, 5) is 16.6. The molecular formula is C20H20N4O2. The lowest BCUT2D eigenvalue weighted by Crippen LogP contribution is -2.19. The van der Waals surface area contributed by atoms with Crippen LogP contribution in [0.25, 0.3) is 0 Å². The number of carbonyl (C=O) groups excluding carboxylic acids is 1. The van der Waals surface area contributed by atoms with Crippen LogP contribution in [0.1, 0.15) is 23.5 Å². The number of aromatic nitrogens is 3. The Morgan fingerprint density at radius 1 is 1.23 bits per heavy atom. The zero-order valence-electron chi connectivity index (χ0n) is 14.3. The molecule has 4 rings (SSSR count). The molecule has 1 amide bonds. The number of hydrogen-bond donors (Lipinski definition) is 1. The summed E-state index contributed by atoms with van der Waals surface area (Å²) in [5.41, 5.74) is 3.17. The molecule has 0 spiro atoms. The minimum Gasteiger partial charge on any atom is -0.492 e. The van der Waals surface area contributed by atoms with E-state index in [0.29, 0.717) is 13.2 Å². The molecule has 1 heterocycles. The van der Waals surface area contributed by atoms with E-state index >= 15 is 0 Å². The van der Waals surface area contributed by atoms with Crippen molar-refractivity contribution in [1.82, 2.24) is 14.8 Å². The molecule has 26 heavy (non-hydrogen) atoms. The molecule has 1 aliphatic rings. The standard InChI is InChI=1S/C20H20N4O2/c25-20(19-9-8-15-4-1-2-7-18(15)19)23-16-5-3-6-17(12-16)26-11-10-24-14-21-13-22-24/h1-7,12-14,19H,8-11H2,(H,23,25)/t19-/m0/s1. The summed E-state index contributed by atoms with van der Waals surface area (Å²) in [5.74, 6) is 0.674. The Labute approximate surface area is 151 Å². The summed E-state index contributed by atoms with van der Waals surface area (Å²) < 4.78 is 7.45. The van der Waals surface area contributed by atoms with Gasteiger partial charge in [-0.2, -0.15) is 5.10 Å². The molecule has 0 unspecified atom stereocenters. The lowest BCUT2D eigenvalue weighted by atomic mass is 10.0. The van der Waals surface area contributed by atoms with E-state index in [2.05, 4.69) is 27.5 Å². The van der Waals surface area contributed by atoms with E-state index in [0.717, 1.165) is 29.8 Å². The fraction of sp³-hybridized carbons (Fsp3) is 0.250. The number of nitrogens with one attached hydrogen (secondary N) is 1. The molecule has 0 saturated carbocycles. The van der Waals surface area contributed by atoms with Crippen molar-refractivity contribution < 1.29 is 9.53 Å². The maximum absolute atomic E-state index is 12.7. The van der Waals surface area contributed by atoms with Gasteiger partial charge in [0.2, 0.25) is 5.91 Å². The van der Waals surface area contributed by atoms with Crippen LogP contribution in [0.3, 0.4) is 0 Å². The predicted molar refractivity (Wildman–Crippen MR) is 98.1 cm³/mol. The molecule has 3 aromatic rings. The Morgan fingerprint density at radius 2 is 2.15 bits per heavy atom. The van der Waals surface area contributed by atoms with Crippen molar-refractivity contribution in [3.05, 3.63) is 72.3 Å². The Kier molecular flexibility index (Phi) is 4.64. The van der Waals surface area contributed by atoms with Crippen molar-refractivity contribution >= 4 is 11.6 Å². The fourth-order valence-corrected chi connectivity index (χ4v) is 3.33. The van der Waals surface area contributed by atoms with Crippen molar-refractivity contribution in [1.29, 1.82) is 0 Å². The molecule has 0 radical (unpaired) electrons. The molecule has 2 aromatic carbocycles. The summed E-state index contributed by atoms with van der Waals surface area (Å²) in [5, 5.41) is 7.06. The Bertz CT molecular complexity index is 892. The molecule has 6 nitrogen and oxygen atoms in total. The van der Waals surface area contributed by atoms with Crippen LogP contribution in [0, 0.1) is 0 Å². The van der Waals surface area contributed by atoms with Gasteiger partial charge in [0.25, 0.3) is 0 Å². The average molecular weight is 348 g/mol. The quantitative estimate of drug-likeness (QED) is 0.743. The summed E-state index contributed by atoms with van der Waals surface area (Å²) in [6.45, 7) is 1.10. The highest BCUT2D eigenvalue weighted by Crippen LogP contribution is 2.33. The molecule has 132 valence electrons. The molecular weight excluding hydrogens is 328 g/mol. The first-order chi connectivity index (χ1) is 12.8. The number of ether oxygens (including phenoxy) is 1. The lowest BCUT2D eigenvalue weighted by molar-refractivity contribution is -0.117. The predicted octanol–water partition coefficient (Wildman–Crippen LogP) is 3.03. The highest BCUT2D eigenvalue weighted by atomic mass is 16.5. The monoisotopic (exact) mass is 348 g/mol. The summed E-state index contributed by atoms with van der Waals surface area (Å²) in [7, 11) is 0. The van der Waals surface area contributed by atoms with E-state index in [-0.39, 0.29) is 11.8 Å². The Hall–Kier alpha value is -3.15. The van der Waals surface area contributed by atoms with Gasteiger partial charge >= 0.3 is 0 Å². The number of rotatable bonds is 6. The third-order valence-corrected chi connectivity index (χ3v) is 4.61. The van der Waals surface area contributed by atoms with Crippen molar-refractivity contribution in [3.8, 4) is 5.75 Å². The van der Waals surface area contributed by atoms with Gasteiger partial charge < -0.3 is 10.1 Å². The van der Waals surface area contributed by atoms with Crippen molar-refractivity contribution in [2.75, 3.05) is 11.9 Å². The van der Waals surface area contributed by atoms with Crippen LogP contribution in [-0.2, 0) is 17.8 Å². The molecule has 0 bridgehead atoms. The van der Waals surface area contributed by atoms with E-state index in [1.165, 1.54) is 11.9 Å². The van der Waals surface area contributed by atoms with Gasteiger partial charge in [-0.05, 0) is 36.1 Å². The number of amides is 1. The molecule has 0 fully saturated rings. The first-order valence-electron chi connectivity index (χ1n) is 8.73. The van der Waals surface area contributed by atoms with Gasteiger partial charge in [0.1, 0.15) is 25.0 Å². The van der Waals surface area contributed by atoms with Gasteiger partial charge in [0, 0.05) is 11.8 Å². The third kappa shape index (κ3) is 3.59. The molecule has 0 saturated heterocycles. The second-order valence-electron chi connectivity index (χ2n) is 6.31. The number of anilines is 1. The smallest absolute Gasteiger partial charge is 0.231 e. The van der Waals surface area contributed by atoms with Crippen LogP contribution >= 0.6 is 0 Å². The van der Waals surface area contributed by atoms with E-state index in [4.69, 9.17) is 4.74 Å². The largest absolute Gasteiger partial charge is 0.492 e. The van der Waals surface area contributed by atoms with Gasteiger partial charge in [-0.25, -0.2) is 9.67 Å².